The van der Waals surface area contributed by atoms with Crippen molar-refractivity contribution in [2.24, 2.45) is 0 Å². The highest BCUT2D eigenvalue weighted by Crippen LogP contribution is 2.16. The first-order valence-electron chi connectivity index (χ1n) is 9.25. The quantitative estimate of drug-likeness (QED) is 0.672. The summed E-state index contributed by atoms with van der Waals surface area (Å²) >= 11 is 0. The van der Waals surface area contributed by atoms with Crippen LogP contribution in [-0.4, -0.2) is 54.5 Å². The molecule has 29 heavy (non-hydrogen) atoms. The minimum absolute atomic E-state index is 0.249. The third-order valence-electron chi connectivity index (χ3n) is 4.21. The third kappa shape index (κ3) is 6.86. The number of carbonyl (C=O) groups excluding carboxylic acids is 1. The Morgan fingerprint density at radius 3 is 2.66 bits per heavy atom. The Morgan fingerprint density at radius 2 is 1.86 bits per heavy atom. The van der Waals surface area contributed by atoms with Crippen LogP contribution < -0.4 is 4.74 Å². The van der Waals surface area contributed by atoms with Crippen molar-refractivity contribution in [2.75, 3.05) is 26.3 Å². The normalized spacial score (nSPS) is 16.9. The van der Waals surface area contributed by atoms with Crippen LogP contribution in [0.25, 0.3) is 0 Å². The summed E-state index contributed by atoms with van der Waals surface area (Å²) in [6.07, 6.45) is -0.317. The Hall–Kier alpha value is -2.94. The molecule has 1 fully saturated rings. The molecular formula is C21H23NO7. The number of carboxylic acids is 1. The zero-order valence-corrected chi connectivity index (χ0v) is 15.9. The van der Waals surface area contributed by atoms with E-state index < -0.39 is 11.9 Å². The Kier molecular flexibility index (Phi) is 7.57. The van der Waals surface area contributed by atoms with Crippen LogP contribution >= 0.6 is 0 Å². The molecule has 154 valence electrons. The van der Waals surface area contributed by atoms with Gasteiger partial charge in [0.15, 0.2) is 0 Å². The number of carbonyl (C=O) groups is 2. The molecule has 0 radical (unpaired) electrons. The summed E-state index contributed by atoms with van der Waals surface area (Å²) in [7, 11) is 0. The molecular weight excluding hydrogens is 378 g/mol. The molecule has 0 spiro atoms. The predicted molar refractivity (Wildman–Crippen MR) is 102 cm³/mol. The molecule has 0 aromatic heterocycles. The molecule has 1 unspecified atom stereocenters. The van der Waals surface area contributed by atoms with Gasteiger partial charge in [0.2, 0.25) is 0 Å². The van der Waals surface area contributed by atoms with Gasteiger partial charge in [0, 0.05) is 0 Å². The molecule has 1 atom stereocenters. The molecule has 1 aliphatic rings. The molecule has 1 aliphatic heterocycles. The van der Waals surface area contributed by atoms with Crippen LogP contribution in [-0.2, 0) is 37.1 Å². The van der Waals surface area contributed by atoms with Gasteiger partial charge in [-0.3, -0.25) is 0 Å². The first kappa shape index (κ1) is 20.8. The van der Waals surface area contributed by atoms with Crippen molar-refractivity contribution in [3.05, 3.63) is 65.7 Å². The smallest absolute Gasteiger partial charge is 0.436 e. The van der Waals surface area contributed by atoms with Crippen LogP contribution in [0.3, 0.4) is 0 Å². The molecule has 0 bridgehead atoms. The van der Waals surface area contributed by atoms with Gasteiger partial charge in [-0.15, -0.1) is 5.06 Å². The zero-order valence-electron chi connectivity index (χ0n) is 15.9. The fourth-order valence-electron chi connectivity index (χ4n) is 2.81. The van der Waals surface area contributed by atoms with E-state index in [1.54, 1.807) is 0 Å². The highest BCUT2D eigenvalue weighted by molar-refractivity contribution is 6.28. The van der Waals surface area contributed by atoms with Gasteiger partial charge in [-0.05, 0) is 23.3 Å². The van der Waals surface area contributed by atoms with Crippen molar-refractivity contribution in [3.63, 3.8) is 0 Å². The van der Waals surface area contributed by atoms with Gasteiger partial charge in [-0.25, -0.2) is 9.59 Å². The lowest BCUT2D eigenvalue weighted by Gasteiger charge is -2.30. The van der Waals surface area contributed by atoms with E-state index in [2.05, 4.69) is 0 Å². The van der Waals surface area contributed by atoms with Gasteiger partial charge < -0.3 is 24.2 Å². The van der Waals surface area contributed by atoms with Crippen molar-refractivity contribution < 1.29 is 33.7 Å². The molecule has 2 aromatic rings. The molecule has 0 amide bonds. The summed E-state index contributed by atoms with van der Waals surface area (Å²) in [5.41, 5.74) is 2.05. The van der Waals surface area contributed by atoms with Gasteiger partial charge in [-0.2, -0.15) is 0 Å². The standard InChI is InChI=1S/C21H23NO7/c23-20(24)21(25)29-22-9-10-27-19(12-22)15-26-13-17-7-4-8-18(11-17)28-14-16-5-2-1-3-6-16/h1-8,11,19H,9-10,12-15H2,(H,23,24). The highest BCUT2D eigenvalue weighted by atomic mass is 16.7. The Bertz CT molecular complexity index is 812. The minimum atomic E-state index is -1.63. The Morgan fingerprint density at radius 1 is 1.07 bits per heavy atom. The van der Waals surface area contributed by atoms with E-state index >= 15 is 0 Å². The van der Waals surface area contributed by atoms with Crippen LogP contribution in [0.4, 0.5) is 0 Å². The average Bonchev–Trinajstić information content (AvgIpc) is 2.73. The predicted octanol–water partition coefficient (Wildman–Crippen LogP) is 2.03. The van der Waals surface area contributed by atoms with E-state index in [0.717, 1.165) is 16.9 Å². The fourth-order valence-corrected chi connectivity index (χ4v) is 2.81. The Labute approximate surface area is 168 Å². The summed E-state index contributed by atoms with van der Waals surface area (Å²) in [5.74, 6) is -2.17. The molecule has 8 nitrogen and oxygen atoms in total. The molecule has 1 heterocycles. The lowest BCUT2D eigenvalue weighted by Crippen LogP contribution is -2.46. The van der Waals surface area contributed by atoms with E-state index in [0.29, 0.717) is 26.4 Å². The maximum Gasteiger partial charge on any atom is 0.436 e. The average molecular weight is 401 g/mol. The monoisotopic (exact) mass is 401 g/mol. The van der Waals surface area contributed by atoms with Crippen molar-refractivity contribution in [2.45, 2.75) is 19.3 Å². The lowest BCUT2D eigenvalue weighted by atomic mass is 10.2. The van der Waals surface area contributed by atoms with Crippen LogP contribution in [0.15, 0.2) is 54.6 Å². The Balaban J connectivity index is 1.42. The summed E-state index contributed by atoms with van der Waals surface area (Å²) in [4.78, 5) is 26.5. The number of hydrogen-bond donors (Lipinski definition) is 1. The summed E-state index contributed by atoms with van der Waals surface area (Å²) < 4.78 is 17.1. The summed E-state index contributed by atoms with van der Waals surface area (Å²) in [6.45, 7) is 2.04. The number of morpholine rings is 1. The SMILES string of the molecule is O=C(O)C(=O)ON1CCOC(COCc2cccc(OCc3ccccc3)c2)C1. The molecule has 2 aromatic carbocycles. The van der Waals surface area contributed by atoms with Gasteiger partial charge in [0.1, 0.15) is 12.4 Å². The number of aliphatic carboxylic acids is 1. The lowest BCUT2D eigenvalue weighted by molar-refractivity contribution is -0.222. The maximum atomic E-state index is 11.1. The number of benzene rings is 2. The number of hydrogen-bond acceptors (Lipinski definition) is 7. The maximum absolute atomic E-state index is 11.1. The molecule has 0 saturated carbocycles. The second-order valence-corrected chi connectivity index (χ2v) is 6.50. The van der Waals surface area contributed by atoms with Crippen molar-refractivity contribution in [3.8, 4) is 5.75 Å². The van der Waals surface area contributed by atoms with E-state index in [-0.39, 0.29) is 19.3 Å². The number of nitrogens with zero attached hydrogens (tertiary/aromatic N) is 1. The second kappa shape index (κ2) is 10.6. The minimum Gasteiger partial charge on any atom is -0.489 e. The van der Waals surface area contributed by atoms with Crippen molar-refractivity contribution >= 4 is 11.9 Å². The van der Waals surface area contributed by atoms with E-state index in [1.165, 1.54) is 5.06 Å². The molecule has 8 heteroatoms. The molecule has 1 saturated heterocycles. The molecule has 1 N–H and O–H groups in total. The molecule has 3 rings (SSSR count). The highest BCUT2D eigenvalue weighted by Gasteiger charge is 2.26. The topological polar surface area (TPSA) is 94.5 Å². The first-order valence-corrected chi connectivity index (χ1v) is 9.25. The van der Waals surface area contributed by atoms with Gasteiger partial charge in [-0.1, -0.05) is 42.5 Å². The van der Waals surface area contributed by atoms with Gasteiger partial charge >= 0.3 is 11.9 Å². The number of carboxylic acid groups (broad SMARTS) is 1. The van der Waals surface area contributed by atoms with Gasteiger partial charge in [0.25, 0.3) is 0 Å². The first-order chi connectivity index (χ1) is 14.1. The number of rotatable bonds is 8. The fraction of sp³-hybridized carbons (Fsp3) is 0.333. The van der Waals surface area contributed by atoms with Crippen molar-refractivity contribution in [1.82, 2.24) is 5.06 Å². The van der Waals surface area contributed by atoms with Crippen LogP contribution in [0, 0.1) is 0 Å². The number of ether oxygens (including phenoxy) is 3. The molecule has 0 aliphatic carbocycles. The number of hydroxylamine groups is 2. The van der Waals surface area contributed by atoms with Crippen LogP contribution in [0.5, 0.6) is 5.75 Å². The summed E-state index contributed by atoms with van der Waals surface area (Å²) in [6, 6.07) is 17.6. The van der Waals surface area contributed by atoms with Crippen LogP contribution in [0.1, 0.15) is 11.1 Å². The van der Waals surface area contributed by atoms with Crippen molar-refractivity contribution in [1.29, 1.82) is 0 Å². The van der Waals surface area contributed by atoms with E-state index in [1.807, 2.05) is 54.6 Å². The third-order valence-corrected chi connectivity index (χ3v) is 4.21. The van der Waals surface area contributed by atoms with Gasteiger partial charge in [0.05, 0.1) is 39.0 Å². The zero-order chi connectivity index (χ0) is 20.5. The van der Waals surface area contributed by atoms with E-state index in [9.17, 15) is 9.59 Å². The summed E-state index contributed by atoms with van der Waals surface area (Å²) in [5, 5.41) is 9.89. The van der Waals surface area contributed by atoms with E-state index in [4.69, 9.17) is 24.2 Å². The largest absolute Gasteiger partial charge is 0.489 e. The second-order valence-electron chi connectivity index (χ2n) is 6.50. The van der Waals surface area contributed by atoms with Crippen LogP contribution in [0.2, 0.25) is 0 Å².